The van der Waals surface area contributed by atoms with E-state index in [2.05, 4.69) is 10.3 Å². The molecule has 0 saturated carbocycles. The van der Waals surface area contributed by atoms with Gasteiger partial charge in [-0.3, -0.25) is 9.59 Å². The molecule has 0 radical (unpaired) electrons. The number of nitrogens with zero attached hydrogens (tertiary/aromatic N) is 1. The molecule has 27 heavy (non-hydrogen) atoms. The number of rotatable bonds is 4. The third-order valence-corrected chi connectivity index (χ3v) is 4.66. The van der Waals surface area contributed by atoms with Crippen LogP contribution >= 0.6 is 0 Å². The normalized spacial score (nSPS) is 13.6. The molecule has 2 heterocycles. The molecule has 1 aliphatic rings. The summed E-state index contributed by atoms with van der Waals surface area (Å²) in [5, 5.41) is 3.97. The number of ether oxygens (including phenoxy) is 1. The van der Waals surface area contributed by atoms with Crippen molar-refractivity contribution in [2.24, 2.45) is 0 Å². The SMILES string of the molecule is CC(C)N1C(=O)COc2ccc(NC(=O)Cc3c[nH]c4ccccc34)cc21. The number of anilines is 2. The number of hydrogen-bond donors (Lipinski definition) is 2. The Hall–Kier alpha value is -3.28. The number of carbonyl (C=O) groups is 2. The number of para-hydroxylation sites is 1. The van der Waals surface area contributed by atoms with E-state index in [1.165, 1.54) is 0 Å². The zero-order valence-corrected chi connectivity index (χ0v) is 15.3. The molecule has 0 aliphatic carbocycles. The number of amides is 2. The summed E-state index contributed by atoms with van der Waals surface area (Å²) in [4.78, 5) is 29.6. The summed E-state index contributed by atoms with van der Waals surface area (Å²) in [6, 6.07) is 13.3. The van der Waals surface area contributed by atoms with Gasteiger partial charge >= 0.3 is 0 Å². The van der Waals surface area contributed by atoms with Crippen molar-refractivity contribution in [3.63, 3.8) is 0 Å². The van der Waals surface area contributed by atoms with Gasteiger partial charge in [-0.05, 0) is 43.7 Å². The monoisotopic (exact) mass is 363 g/mol. The molecule has 6 heteroatoms. The topological polar surface area (TPSA) is 74.4 Å². The second-order valence-corrected chi connectivity index (χ2v) is 6.91. The predicted molar refractivity (Wildman–Crippen MR) is 105 cm³/mol. The summed E-state index contributed by atoms with van der Waals surface area (Å²) >= 11 is 0. The molecule has 2 aromatic carbocycles. The maximum Gasteiger partial charge on any atom is 0.265 e. The quantitative estimate of drug-likeness (QED) is 0.745. The van der Waals surface area contributed by atoms with Gasteiger partial charge in [0.2, 0.25) is 5.91 Å². The Morgan fingerprint density at radius 2 is 2.07 bits per heavy atom. The largest absolute Gasteiger partial charge is 0.482 e. The van der Waals surface area contributed by atoms with Gasteiger partial charge in [0.15, 0.2) is 6.61 Å². The van der Waals surface area contributed by atoms with E-state index in [0.29, 0.717) is 17.1 Å². The highest BCUT2D eigenvalue weighted by atomic mass is 16.5. The number of nitrogens with one attached hydrogen (secondary N) is 2. The van der Waals surface area contributed by atoms with Crippen molar-refractivity contribution in [2.45, 2.75) is 26.3 Å². The summed E-state index contributed by atoms with van der Waals surface area (Å²) in [6.45, 7) is 3.95. The second kappa shape index (κ2) is 6.79. The van der Waals surface area contributed by atoms with E-state index in [9.17, 15) is 9.59 Å². The fourth-order valence-electron chi connectivity index (χ4n) is 3.47. The summed E-state index contributed by atoms with van der Waals surface area (Å²) < 4.78 is 5.50. The van der Waals surface area contributed by atoms with E-state index >= 15 is 0 Å². The van der Waals surface area contributed by atoms with Crippen molar-refractivity contribution in [1.29, 1.82) is 0 Å². The van der Waals surface area contributed by atoms with Crippen LogP contribution in [0.2, 0.25) is 0 Å². The summed E-state index contributed by atoms with van der Waals surface area (Å²) in [7, 11) is 0. The van der Waals surface area contributed by atoms with Gasteiger partial charge in [0, 0.05) is 28.8 Å². The van der Waals surface area contributed by atoms with Crippen molar-refractivity contribution in [3.05, 3.63) is 54.2 Å². The lowest BCUT2D eigenvalue weighted by molar-refractivity contribution is -0.121. The molecule has 0 bridgehead atoms. The Morgan fingerprint density at radius 3 is 2.89 bits per heavy atom. The number of fused-ring (bicyclic) bond motifs is 2. The third-order valence-electron chi connectivity index (χ3n) is 4.66. The van der Waals surface area contributed by atoms with Crippen molar-refractivity contribution in [1.82, 2.24) is 4.98 Å². The van der Waals surface area contributed by atoms with Crippen LogP contribution in [-0.4, -0.2) is 29.4 Å². The molecule has 138 valence electrons. The summed E-state index contributed by atoms with van der Waals surface area (Å²) in [5.41, 5.74) is 3.29. The number of H-pyrrole nitrogens is 1. The Morgan fingerprint density at radius 1 is 1.26 bits per heavy atom. The fraction of sp³-hybridized carbons (Fsp3) is 0.238. The van der Waals surface area contributed by atoms with Crippen molar-refractivity contribution < 1.29 is 14.3 Å². The zero-order chi connectivity index (χ0) is 19.0. The Balaban J connectivity index is 1.54. The van der Waals surface area contributed by atoms with Crippen molar-refractivity contribution >= 4 is 34.1 Å². The van der Waals surface area contributed by atoms with Crippen LogP contribution in [0.3, 0.4) is 0 Å². The number of hydrogen-bond acceptors (Lipinski definition) is 3. The molecule has 0 atom stereocenters. The molecule has 0 unspecified atom stereocenters. The number of aromatic amines is 1. The standard InChI is InChI=1S/C21H21N3O3/c1-13(2)24-18-10-15(7-8-19(18)27-12-21(24)26)23-20(25)9-14-11-22-17-6-4-3-5-16(14)17/h3-8,10-11,13,22H,9,12H2,1-2H3,(H,23,25). The molecular formula is C21H21N3O3. The van der Waals surface area contributed by atoms with E-state index in [1.54, 1.807) is 23.1 Å². The van der Waals surface area contributed by atoms with Crippen LogP contribution in [-0.2, 0) is 16.0 Å². The molecule has 1 aromatic heterocycles. The molecule has 0 spiro atoms. The van der Waals surface area contributed by atoms with Gasteiger partial charge in [0.25, 0.3) is 5.91 Å². The van der Waals surface area contributed by atoms with Crippen LogP contribution in [0.1, 0.15) is 19.4 Å². The Bertz CT molecular complexity index is 1020. The maximum absolute atomic E-state index is 12.5. The van der Waals surface area contributed by atoms with E-state index in [4.69, 9.17) is 4.74 Å². The van der Waals surface area contributed by atoms with Gasteiger partial charge in [0.05, 0.1) is 12.1 Å². The molecule has 1 aliphatic heterocycles. The molecule has 0 saturated heterocycles. The van der Waals surface area contributed by atoms with Gasteiger partial charge < -0.3 is 19.9 Å². The number of carbonyl (C=O) groups excluding carboxylic acids is 2. The van der Waals surface area contributed by atoms with Crippen LogP contribution < -0.4 is 15.0 Å². The highest BCUT2D eigenvalue weighted by Gasteiger charge is 2.28. The number of aromatic nitrogens is 1. The smallest absolute Gasteiger partial charge is 0.265 e. The lowest BCUT2D eigenvalue weighted by Crippen LogP contribution is -2.43. The van der Waals surface area contributed by atoms with Crippen LogP contribution in [0.25, 0.3) is 10.9 Å². The van der Waals surface area contributed by atoms with E-state index < -0.39 is 0 Å². The minimum Gasteiger partial charge on any atom is -0.482 e. The summed E-state index contributed by atoms with van der Waals surface area (Å²) in [6.07, 6.45) is 2.13. The van der Waals surface area contributed by atoms with Gasteiger partial charge in [-0.1, -0.05) is 18.2 Å². The molecule has 0 fully saturated rings. The zero-order valence-electron chi connectivity index (χ0n) is 15.3. The van der Waals surface area contributed by atoms with E-state index in [0.717, 1.165) is 16.5 Å². The minimum atomic E-state index is -0.112. The van der Waals surface area contributed by atoms with Crippen LogP contribution in [0, 0.1) is 0 Å². The first-order valence-electron chi connectivity index (χ1n) is 8.96. The van der Waals surface area contributed by atoms with Crippen LogP contribution in [0.5, 0.6) is 5.75 Å². The minimum absolute atomic E-state index is 0.0114. The first-order valence-corrected chi connectivity index (χ1v) is 8.96. The average Bonchev–Trinajstić information content (AvgIpc) is 3.04. The predicted octanol–water partition coefficient (Wildman–Crippen LogP) is 3.48. The molecule has 2 N–H and O–H groups in total. The molecular weight excluding hydrogens is 342 g/mol. The number of benzene rings is 2. The molecule has 4 rings (SSSR count). The lowest BCUT2D eigenvalue weighted by Gasteiger charge is -2.32. The highest BCUT2D eigenvalue weighted by molar-refractivity contribution is 6.00. The van der Waals surface area contributed by atoms with E-state index in [1.807, 2.05) is 44.3 Å². The van der Waals surface area contributed by atoms with Gasteiger partial charge in [-0.15, -0.1) is 0 Å². The first kappa shape index (κ1) is 17.1. The van der Waals surface area contributed by atoms with Crippen molar-refractivity contribution in [3.8, 4) is 5.75 Å². The second-order valence-electron chi connectivity index (χ2n) is 6.91. The Kier molecular flexibility index (Phi) is 4.32. The van der Waals surface area contributed by atoms with Gasteiger partial charge in [0.1, 0.15) is 5.75 Å². The maximum atomic E-state index is 12.5. The summed E-state index contributed by atoms with van der Waals surface area (Å²) in [5.74, 6) is 0.455. The lowest BCUT2D eigenvalue weighted by atomic mass is 10.1. The van der Waals surface area contributed by atoms with Gasteiger partial charge in [-0.25, -0.2) is 0 Å². The molecule has 6 nitrogen and oxygen atoms in total. The van der Waals surface area contributed by atoms with Crippen LogP contribution in [0.15, 0.2) is 48.7 Å². The average molecular weight is 363 g/mol. The third kappa shape index (κ3) is 3.26. The highest BCUT2D eigenvalue weighted by Crippen LogP contribution is 2.35. The van der Waals surface area contributed by atoms with Gasteiger partial charge in [-0.2, -0.15) is 0 Å². The fourth-order valence-corrected chi connectivity index (χ4v) is 3.47. The Labute approximate surface area is 157 Å². The molecule has 3 aromatic rings. The van der Waals surface area contributed by atoms with Crippen LogP contribution in [0.4, 0.5) is 11.4 Å². The van der Waals surface area contributed by atoms with Crippen molar-refractivity contribution in [2.75, 3.05) is 16.8 Å². The first-order chi connectivity index (χ1) is 13.0. The molecule has 2 amide bonds. The van der Waals surface area contributed by atoms with E-state index in [-0.39, 0.29) is 30.9 Å².